The summed E-state index contributed by atoms with van der Waals surface area (Å²) in [5.41, 5.74) is 0. The van der Waals surface area contributed by atoms with Crippen molar-refractivity contribution in [2.45, 2.75) is 50.9 Å². The van der Waals surface area contributed by atoms with Gasteiger partial charge in [0.25, 0.3) is 0 Å². The number of likely N-dealkylation sites (tertiary alicyclic amines) is 1. The summed E-state index contributed by atoms with van der Waals surface area (Å²) in [6, 6.07) is 0.633. The third kappa shape index (κ3) is 3.93. The van der Waals surface area contributed by atoms with E-state index in [4.69, 9.17) is 14.6 Å². The Labute approximate surface area is 108 Å². The van der Waals surface area contributed by atoms with Gasteiger partial charge in [0.1, 0.15) is 6.61 Å². The average Bonchev–Trinajstić information content (AvgIpc) is 2.37. The molecule has 2 rings (SSSR count). The molecule has 2 aliphatic rings. The van der Waals surface area contributed by atoms with Gasteiger partial charge in [0, 0.05) is 25.7 Å². The quantitative estimate of drug-likeness (QED) is 0.818. The molecule has 1 N–H and O–H groups in total. The number of rotatable bonds is 4. The van der Waals surface area contributed by atoms with E-state index < -0.39 is 5.97 Å². The average molecular weight is 257 g/mol. The fourth-order valence-corrected chi connectivity index (χ4v) is 2.90. The zero-order valence-electron chi connectivity index (χ0n) is 11.0. The maximum atomic E-state index is 10.4. The molecule has 0 aromatic carbocycles. The highest BCUT2D eigenvalue weighted by Gasteiger charge is 2.29. The second kappa shape index (κ2) is 6.50. The molecule has 104 valence electrons. The number of nitrogens with zero attached hydrogens (tertiary/aromatic N) is 1. The SMILES string of the molecule is CC1CC(N2CCC(OCC(=O)O)CC2)CCO1. The third-order valence-electron chi connectivity index (χ3n) is 3.89. The molecule has 0 radical (unpaired) electrons. The summed E-state index contributed by atoms with van der Waals surface area (Å²) in [6.07, 6.45) is 4.60. The Hall–Kier alpha value is -0.650. The van der Waals surface area contributed by atoms with Crippen molar-refractivity contribution in [1.82, 2.24) is 4.90 Å². The van der Waals surface area contributed by atoms with Crippen molar-refractivity contribution in [3.05, 3.63) is 0 Å². The minimum absolute atomic E-state index is 0.120. The third-order valence-corrected chi connectivity index (χ3v) is 3.89. The molecular formula is C13H23NO4. The van der Waals surface area contributed by atoms with Gasteiger partial charge in [-0.25, -0.2) is 4.79 Å². The monoisotopic (exact) mass is 257 g/mol. The van der Waals surface area contributed by atoms with Gasteiger partial charge in [0.15, 0.2) is 0 Å². The Morgan fingerprint density at radius 3 is 2.72 bits per heavy atom. The first kappa shape index (κ1) is 13.8. The Morgan fingerprint density at radius 2 is 2.11 bits per heavy atom. The summed E-state index contributed by atoms with van der Waals surface area (Å²) in [4.78, 5) is 13.0. The molecule has 2 atom stereocenters. The van der Waals surface area contributed by atoms with E-state index in [9.17, 15) is 4.79 Å². The van der Waals surface area contributed by atoms with Crippen LogP contribution in [0.3, 0.4) is 0 Å². The van der Waals surface area contributed by atoms with Crippen LogP contribution in [-0.4, -0.2) is 60.5 Å². The largest absolute Gasteiger partial charge is 0.480 e. The number of carboxylic acids is 1. The van der Waals surface area contributed by atoms with E-state index >= 15 is 0 Å². The fraction of sp³-hybridized carbons (Fsp3) is 0.923. The Bertz CT molecular complexity index is 276. The molecule has 0 amide bonds. The lowest BCUT2D eigenvalue weighted by Crippen LogP contribution is -2.47. The number of carbonyl (C=O) groups is 1. The van der Waals surface area contributed by atoms with Gasteiger partial charge in [0.05, 0.1) is 12.2 Å². The van der Waals surface area contributed by atoms with Crippen LogP contribution in [0.25, 0.3) is 0 Å². The molecular weight excluding hydrogens is 234 g/mol. The molecule has 2 unspecified atom stereocenters. The van der Waals surface area contributed by atoms with Crippen LogP contribution in [0.5, 0.6) is 0 Å². The van der Waals surface area contributed by atoms with Crippen LogP contribution in [0.4, 0.5) is 0 Å². The standard InChI is InChI=1S/C13H23NO4/c1-10-8-11(4-7-17-10)14-5-2-12(3-6-14)18-9-13(15)16/h10-12H,2-9H2,1H3,(H,15,16). The highest BCUT2D eigenvalue weighted by Crippen LogP contribution is 2.23. The molecule has 0 saturated carbocycles. The molecule has 2 aliphatic heterocycles. The van der Waals surface area contributed by atoms with E-state index in [2.05, 4.69) is 11.8 Å². The minimum atomic E-state index is -0.879. The highest BCUT2D eigenvalue weighted by atomic mass is 16.5. The summed E-state index contributed by atoms with van der Waals surface area (Å²) < 4.78 is 10.9. The van der Waals surface area contributed by atoms with E-state index in [1.807, 2.05) is 0 Å². The van der Waals surface area contributed by atoms with E-state index in [1.54, 1.807) is 0 Å². The minimum Gasteiger partial charge on any atom is -0.480 e. The number of piperidine rings is 1. The maximum absolute atomic E-state index is 10.4. The van der Waals surface area contributed by atoms with E-state index in [1.165, 1.54) is 0 Å². The normalized spacial score (nSPS) is 31.4. The van der Waals surface area contributed by atoms with Crippen molar-refractivity contribution in [3.8, 4) is 0 Å². The molecule has 0 spiro atoms. The van der Waals surface area contributed by atoms with Gasteiger partial charge in [-0.1, -0.05) is 0 Å². The highest BCUT2D eigenvalue weighted by molar-refractivity contribution is 5.68. The van der Waals surface area contributed by atoms with Crippen LogP contribution >= 0.6 is 0 Å². The van der Waals surface area contributed by atoms with Crippen LogP contribution in [0.15, 0.2) is 0 Å². The van der Waals surface area contributed by atoms with E-state index in [0.29, 0.717) is 12.1 Å². The summed E-state index contributed by atoms with van der Waals surface area (Å²) in [6.45, 7) is 4.86. The van der Waals surface area contributed by atoms with Crippen LogP contribution < -0.4 is 0 Å². The van der Waals surface area contributed by atoms with Gasteiger partial charge in [-0.3, -0.25) is 0 Å². The molecule has 2 fully saturated rings. The van der Waals surface area contributed by atoms with Gasteiger partial charge in [-0.2, -0.15) is 0 Å². The van der Waals surface area contributed by atoms with Gasteiger partial charge >= 0.3 is 5.97 Å². The number of ether oxygens (including phenoxy) is 2. The lowest BCUT2D eigenvalue weighted by atomic mass is 9.98. The van der Waals surface area contributed by atoms with Crippen molar-refractivity contribution in [2.75, 3.05) is 26.3 Å². The lowest BCUT2D eigenvalue weighted by Gasteiger charge is -2.40. The number of aliphatic carboxylic acids is 1. The van der Waals surface area contributed by atoms with E-state index in [-0.39, 0.29) is 12.7 Å². The number of hydrogen-bond donors (Lipinski definition) is 1. The van der Waals surface area contributed by atoms with Crippen LogP contribution in [0.1, 0.15) is 32.6 Å². The van der Waals surface area contributed by atoms with Crippen LogP contribution in [0, 0.1) is 0 Å². The molecule has 5 heteroatoms. The molecule has 0 aromatic heterocycles. The summed E-state index contributed by atoms with van der Waals surface area (Å²) in [7, 11) is 0. The smallest absolute Gasteiger partial charge is 0.329 e. The van der Waals surface area contributed by atoms with Crippen molar-refractivity contribution in [1.29, 1.82) is 0 Å². The van der Waals surface area contributed by atoms with Crippen molar-refractivity contribution in [3.63, 3.8) is 0 Å². The van der Waals surface area contributed by atoms with Gasteiger partial charge < -0.3 is 19.5 Å². The van der Waals surface area contributed by atoms with Crippen LogP contribution in [0.2, 0.25) is 0 Å². The zero-order chi connectivity index (χ0) is 13.0. The predicted octanol–water partition coefficient (Wildman–Crippen LogP) is 1.12. The number of carboxylic acid groups (broad SMARTS) is 1. The van der Waals surface area contributed by atoms with Crippen molar-refractivity contribution >= 4 is 5.97 Å². The van der Waals surface area contributed by atoms with E-state index in [0.717, 1.165) is 45.4 Å². The lowest BCUT2D eigenvalue weighted by molar-refractivity contribution is -0.145. The summed E-state index contributed by atoms with van der Waals surface area (Å²) >= 11 is 0. The Balaban J connectivity index is 1.71. The maximum Gasteiger partial charge on any atom is 0.329 e. The van der Waals surface area contributed by atoms with Crippen molar-refractivity contribution < 1.29 is 19.4 Å². The fourth-order valence-electron chi connectivity index (χ4n) is 2.90. The number of hydrogen-bond acceptors (Lipinski definition) is 4. The predicted molar refractivity (Wildman–Crippen MR) is 66.6 cm³/mol. The molecule has 2 saturated heterocycles. The second-order valence-corrected chi connectivity index (χ2v) is 5.30. The van der Waals surface area contributed by atoms with Crippen LogP contribution in [-0.2, 0) is 14.3 Å². The second-order valence-electron chi connectivity index (χ2n) is 5.30. The summed E-state index contributed by atoms with van der Waals surface area (Å²) in [5.74, 6) is -0.879. The molecule has 0 bridgehead atoms. The first-order valence-corrected chi connectivity index (χ1v) is 6.84. The first-order chi connectivity index (χ1) is 8.65. The molecule has 0 aromatic rings. The molecule has 5 nitrogen and oxygen atoms in total. The van der Waals surface area contributed by atoms with Gasteiger partial charge in [-0.15, -0.1) is 0 Å². The Morgan fingerprint density at radius 1 is 1.39 bits per heavy atom. The van der Waals surface area contributed by atoms with Gasteiger partial charge in [-0.05, 0) is 32.6 Å². The molecule has 18 heavy (non-hydrogen) atoms. The first-order valence-electron chi connectivity index (χ1n) is 6.84. The zero-order valence-corrected chi connectivity index (χ0v) is 11.0. The van der Waals surface area contributed by atoms with Gasteiger partial charge in [0.2, 0.25) is 0 Å². The topological polar surface area (TPSA) is 59.0 Å². The Kier molecular flexibility index (Phi) is 4.97. The molecule has 2 heterocycles. The summed E-state index contributed by atoms with van der Waals surface area (Å²) in [5, 5.41) is 8.58. The molecule has 0 aliphatic carbocycles. The van der Waals surface area contributed by atoms with Crippen molar-refractivity contribution in [2.24, 2.45) is 0 Å².